The third-order valence-electron chi connectivity index (χ3n) is 3.47. The highest BCUT2D eigenvalue weighted by molar-refractivity contribution is 5.77. The lowest BCUT2D eigenvalue weighted by atomic mass is 10.1. The Hall–Kier alpha value is -1.34. The minimum Gasteiger partial charge on any atom is -0.444 e. The molecule has 1 rings (SSSR count). The Bertz CT molecular complexity index is 395. The Morgan fingerprint density at radius 1 is 1.39 bits per heavy atom. The average molecular weight is 329 g/mol. The molecule has 0 saturated carbocycles. The number of carbonyl (C=O) groups is 2. The van der Waals surface area contributed by atoms with Crippen molar-refractivity contribution in [3.05, 3.63) is 0 Å². The summed E-state index contributed by atoms with van der Waals surface area (Å²) in [6.07, 6.45) is 0.403. The topological polar surface area (TPSA) is 79.9 Å². The quantitative estimate of drug-likeness (QED) is 0.763. The fourth-order valence-corrected chi connectivity index (χ4v) is 2.43. The molecule has 7 heteroatoms. The molecular formula is C16H31N3O4. The number of nitrogens with one attached hydrogen (secondary N) is 2. The number of morpholine rings is 1. The molecular weight excluding hydrogens is 298 g/mol. The molecule has 0 spiro atoms. The SMILES string of the molecule is CCNC(=O)CNC(C)CC1COCCN1C(=O)OC(C)(C)C. The van der Waals surface area contributed by atoms with Gasteiger partial charge in [-0.2, -0.15) is 0 Å². The van der Waals surface area contributed by atoms with E-state index in [1.807, 2.05) is 34.6 Å². The van der Waals surface area contributed by atoms with Crippen molar-refractivity contribution in [2.45, 2.75) is 58.7 Å². The van der Waals surface area contributed by atoms with Gasteiger partial charge in [0.25, 0.3) is 0 Å². The van der Waals surface area contributed by atoms with Crippen LogP contribution in [-0.2, 0) is 14.3 Å². The van der Waals surface area contributed by atoms with Crippen LogP contribution >= 0.6 is 0 Å². The number of likely N-dealkylation sites (N-methyl/N-ethyl adjacent to an activating group) is 1. The second-order valence-corrected chi connectivity index (χ2v) is 6.87. The number of ether oxygens (including phenoxy) is 2. The Morgan fingerprint density at radius 3 is 2.70 bits per heavy atom. The van der Waals surface area contributed by atoms with Gasteiger partial charge in [-0.05, 0) is 41.0 Å². The zero-order valence-corrected chi connectivity index (χ0v) is 15.0. The van der Waals surface area contributed by atoms with Crippen LogP contribution in [0.4, 0.5) is 4.79 Å². The Morgan fingerprint density at radius 2 is 2.09 bits per heavy atom. The molecule has 0 aromatic heterocycles. The molecule has 0 aliphatic carbocycles. The Balaban J connectivity index is 2.51. The smallest absolute Gasteiger partial charge is 0.410 e. The van der Waals surface area contributed by atoms with E-state index >= 15 is 0 Å². The second kappa shape index (κ2) is 9.08. The minimum absolute atomic E-state index is 0.0248. The van der Waals surface area contributed by atoms with E-state index in [-0.39, 0.29) is 30.6 Å². The van der Waals surface area contributed by atoms with Gasteiger partial charge < -0.3 is 25.0 Å². The maximum absolute atomic E-state index is 12.3. The summed E-state index contributed by atoms with van der Waals surface area (Å²) in [5.74, 6) is -0.0248. The van der Waals surface area contributed by atoms with E-state index in [0.29, 0.717) is 32.7 Å². The van der Waals surface area contributed by atoms with Crippen LogP contribution in [0.3, 0.4) is 0 Å². The second-order valence-electron chi connectivity index (χ2n) is 6.87. The summed E-state index contributed by atoms with van der Waals surface area (Å²) >= 11 is 0. The molecule has 0 radical (unpaired) electrons. The summed E-state index contributed by atoms with van der Waals surface area (Å²) in [6.45, 7) is 11.9. The number of hydrogen-bond acceptors (Lipinski definition) is 5. The Labute approximate surface area is 139 Å². The van der Waals surface area contributed by atoms with Crippen molar-refractivity contribution in [1.82, 2.24) is 15.5 Å². The summed E-state index contributed by atoms with van der Waals surface area (Å²) < 4.78 is 11.0. The van der Waals surface area contributed by atoms with Gasteiger partial charge in [0.2, 0.25) is 5.91 Å². The molecule has 2 atom stereocenters. The summed E-state index contributed by atoms with van der Waals surface area (Å²) in [4.78, 5) is 25.5. The van der Waals surface area contributed by atoms with Crippen LogP contribution in [0.25, 0.3) is 0 Å². The largest absolute Gasteiger partial charge is 0.444 e. The molecule has 7 nitrogen and oxygen atoms in total. The van der Waals surface area contributed by atoms with Crippen molar-refractivity contribution in [2.75, 3.05) is 32.8 Å². The van der Waals surface area contributed by atoms with Crippen LogP contribution in [0.1, 0.15) is 41.0 Å². The molecule has 23 heavy (non-hydrogen) atoms. The summed E-state index contributed by atoms with van der Waals surface area (Å²) in [7, 11) is 0. The van der Waals surface area contributed by atoms with Gasteiger partial charge in [0.15, 0.2) is 0 Å². The molecule has 1 aliphatic rings. The molecule has 2 amide bonds. The van der Waals surface area contributed by atoms with Gasteiger partial charge in [-0.3, -0.25) is 4.79 Å². The number of hydrogen-bond donors (Lipinski definition) is 2. The molecule has 0 aromatic rings. The van der Waals surface area contributed by atoms with Crippen LogP contribution in [0.5, 0.6) is 0 Å². The Kier molecular flexibility index (Phi) is 7.78. The standard InChI is InChI=1S/C16H31N3O4/c1-6-17-14(20)10-18-12(2)9-13-11-22-8-7-19(13)15(21)23-16(3,4)5/h12-13,18H,6-11H2,1-5H3,(H,17,20). The van der Waals surface area contributed by atoms with E-state index in [2.05, 4.69) is 10.6 Å². The molecule has 1 aliphatic heterocycles. The predicted octanol–water partition coefficient (Wildman–Crippen LogP) is 1.13. The molecule has 1 saturated heterocycles. The highest BCUT2D eigenvalue weighted by Gasteiger charge is 2.31. The van der Waals surface area contributed by atoms with Crippen LogP contribution in [-0.4, -0.2) is 67.4 Å². The lowest BCUT2D eigenvalue weighted by Crippen LogP contribution is -2.52. The predicted molar refractivity (Wildman–Crippen MR) is 88.3 cm³/mol. The maximum Gasteiger partial charge on any atom is 0.410 e. The van der Waals surface area contributed by atoms with E-state index in [4.69, 9.17) is 9.47 Å². The molecule has 1 heterocycles. The van der Waals surface area contributed by atoms with Gasteiger partial charge in [0.05, 0.1) is 25.8 Å². The lowest BCUT2D eigenvalue weighted by molar-refractivity contribution is -0.120. The van der Waals surface area contributed by atoms with Crippen molar-refractivity contribution in [2.24, 2.45) is 0 Å². The van der Waals surface area contributed by atoms with Gasteiger partial charge in [-0.1, -0.05) is 0 Å². The number of carbonyl (C=O) groups excluding carboxylic acids is 2. The van der Waals surface area contributed by atoms with Gasteiger partial charge >= 0.3 is 6.09 Å². The van der Waals surface area contributed by atoms with E-state index < -0.39 is 5.60 Å². The van der Waals surface area contributed by atoms with Crippen LogP contribution in [0, 0.1) is 0 Å². The van der Waals surface area contributed by atoms with Crippen molar-refractivity contribution in [3.63, 3.8) is 0 Å². The van der Waals surface area contributed by atoms with E-state index in [0.717, 1.165) is 0 Å². The number of amides is 2. The molecule has 2 unspecified atom stereocenters. The molecule has 2 N–H and O–H groups in total. The molecule has 134 valence electrons. The van der Waals surface area contributed by atoms with Crippen molar-refractivity contribution in [3.8, 4) is 0 Å². The van der Waals surface area contributed by atoms with E-state index in [1.165, 1.54) is 0 Å². The van der Waals surface area contributed by atoms with Gasteiger partial charge in [0, 0.05) is 19.1 Å². The third-order valence-corrected chi connectivity index (χ3v) is 3.47. The third kappa shape index (κ3) is 7.65. The number of nitrogens with zero attached hydrogens (tertiary/aromatic N) is 1. The summed E-state index contributed by atoms with van der Waals surface area (Å²) in [5, 5.41) is 5.92. The first-order valence-electron chi connectivity index (χ1n) is 8.30. The fourth-order valence-electron chi connectivity index (χ4n) is 2.43. The summed E-state index contributed by atoms with van der Waals surface area (Å²) in [5.41, 5.74) is -0.512. The van der Waals surface area contributed by atoms with Gasteiger partial charge in [-0.25, -0.2) is 4.79 Å². The van der Waals surface area contributed by atoms with E-state index in [1.54, 1.807) is 4.90 Å². The van der Waals surface area contributed by atoms with Crippen molar-refractivity contribution >= 4 is 12.0 Å². The van der Waals surface area contributed by atoms with Crippen LogP contribution in [0.2, 0.25) is 0 Å². The van der Waals surface area contributed by atoms with Crippen LogP contribution < -0.4 is 10.6 Å². The lowest BCUT2D eigenvalue weighted by Gasteiger charge is -2.37. The molecule has 0 bridgehead atoms. The highest BCUT2D eigenvalue weighted by Crippen LogP contribution is 2.17. The zero-order valence-electron chi connectivity index (χ0n) is 15.0. The van der Waals surface area contributed by atoms with Crippen molar-refractivity contribution < 1.29 is 19.1 Å². The average Bonchev–Trinajstić information content (AvgIpc) is 2.44. The molecule has 0 aromatic carbocycles. The fraction of sp³-hybridized carbons (Fsp3) is 0.875. The summed E-state index contributed by atoms with van der Waals surface area (Å²) in [6, 6.07) is 0.0459. The van der Waals surface area contributed by atoms with E-state index in [9.17, 15) is 9.59 Å². The highest BCUT2D eigenvalue weighted by atomic mass is 16.6. The van der Waals surface area contributed by atoms with Crippen molar-refractivity contribution in [1.29, 1.82) is 0 Å². The normalized spacial score (nSPS) is 20.0. The first-order valence-corrected chi connectivity index (χ1v) is 8.30. The van der Waals surface area contributed by atoms with Crippen LogP contribution in [0.15, 0.2) is 0 Å². The van der Waals surface area contributed by atoms with Gasteiger partial charge in [-0.15, -0.1) is 0 Å². The zero-order chi connectivity index (χ0) is 17.5. The minimum atomic E-state index is -0.512. The monoisotopic (exact) mass is 329 g/mol. The first-order chi connectivity index (χ1) is 10.7. The first kappa shape index (κ1) is 19.7. The number of rotatable bonds is 6. The molecule has 1 fully saturated rings. The maximum atomic E-state index is 12.3. The van der Waals surface area contributed by atoms with Gasteiger partial charge in [0.1, 0.15) is 5.60 Å².